The van der Waals surface area contributed by atoms with Gasteiger partial charge in [0.15, 0.2) is 5.16 Å². The van der Waals surface area contributed by atoms with Gasteiger partial charge in [-0.15, -0.1) is 10.2 Å². The SMILES string of the molecule is COc1ccc(N2CCN(C(=O)CSc3nnc4c(=O)n(Cc5ccccc5F)ccn34)CC2)cc1. The molecule has 2 aromatic heterocycles. The summed E-state index contributed by atoms with van der Waals surface area (Å²) in [5, 5.41) is 8.58. The number of fused-ring (bicyclic) bond motifs is 1. The lowest BCUT2D eigenvalue weighted by molar-refractivity contribution is -0.128. The van der Waals surface area contributed by atoms with Crippen LogP contribution < -0.4 is 15.2 Å². The Bertz CT molecular complexity index is 1430. The normalized spacial score (nSPS) is 13.8. The number of rotatable bonds is 7. The van der Waals surface area contributed by atoms with Gasteiger partial charge in [0.05, 0.1) is 19.4 Å². The van der Waals surface area contributed by atoms with Crippen LogP contribution >= 0.6 is 11.8 Å². The molecular weight excluding hydrogens is 483 g/mol. The molecule has 0 N–H and O–H groups in total. The number of hydrogen-bond acceptors (Lipinski definition) is 7. The molecule has 3 heterocycles. The first-order valence-electron chi connectivity index (χ1n) is 11.5. The van der Waals surface area contributed by atoms with E-state index in [9.17, 15) is 14.0 Å². The first-order valence-corrected chi connectivity index (χ1v) is 12.5. The second kappa shape index (κ2) is 10.4. The summed E-state index contributed by atoms with van der Waals surface area (Å²) in [7, 11) is 1.64. The molecule has 2 aromatic carbocycles. The zero-order valence-corrected chi connectivity index (χ0v) is 20.5. The zero-order chi connectivity index (χ0) is 25.1. The summed E-state index contributed by atoms with van der Waals surface area (Å²) in [6, 6.07) is 14.2. The summed E-state index contributed by atoms with van der Waals surface area (Å²) in [6.45, 7) is 2.86. The summed E-state index contributed by atoms with van der Waals surface area (Å²) in [6.07, 6.45) is 3.24. The lowest BCUT2D eigenvalue weighted by Crippen LogP contribution is -2.49. The number of halogens is 1. The van der Waals surface area contributed by atoms with Crippen LogP contribution in [0.15, 0.2) is 70.9 Å². The van der Waals surface area contributed by atoms with E-state index in [0.717, 1.165) is 24.5 Å². The number of anilines is 1. The Hall–Kier alpha value is -3.86. The van der Waals surface area contributed by atoms with Crippen LogP contribution in [0.4, 0.5) is 10.1 Å². The van der Waals surface area contributed by atoms with Gasteiger partial charge in [-0.3, -0.25) is 14.0 Å². The molecule has 36 heavy (non-hydrogen) atoms. The highest BCUT2D eigenvalue weighted by Crippen LogP contribution is 2.21. The highest BCUT2D eigenvalue weighted by Gasteiger charge is 2.22. The number of hydrogen-bond donors (Lipinski definition) is 0. The number of amides is 1. The molecule has 0 aliphatic carbocycles. The minimum absolute atomic E-state index is 0.0130. The smallest absolute Gasteiger partial charge is 0.296 e. The lowest BCUT2D eigenvalue weighted by atomic mass is 10.2. The maximum absolute atomic E-state index is 14.0. The van der Waals surface area contributed by atoms with E-state index in [2.05, 4.69) is 15.1 Å². The van der Waals surface area contributed by atoms with Gasteiger partial charge < -0.3 is 19.1 Å². The molecule has 0 radical (unpaired) electrons. The Balaban J connectivity index is 1.19. The molecule has 0 atom stereocenters. The van der Waals surface area contributed by atoms with E-state index >= 15 is 0 Å². The van der Waals surface area contributed by atoms with Crippen LogP contribution in [-0.2, 0) is 11.3 Å². The van der Waals surface area contributed by atoms with E-state index < -0.39 is 0 Å². The van der Waals surface area contributed by atoms with E-state index in [-0.39, 0.29) is 35.2 Å². The molecular formula is C25H25FN6O3S. The molecule has 11 heteroatoms. The number of nitrogens with zero attached hydrogens (tertiary/aromatic N) is 6. The summed E-state index contributed by atoms with van der Waals surface area (Å²) in [5.74, 6) is 0.653. The van der Waals surface area contributed by atoms with Gasteiger partial charge in [0.25, 0.3) is 5.56 Å². The number of ether oxygens (including phenoxy) is 1. The molecule has 5 rings (SSSR count). The summed E-state index contributed by atoms with van der Waals surface area (Å²) < 4.78 is 22.2. The van der Waals surface area contributed by atoms with E-state index in [0.29, 0.717) is 23.8 Å². The van der Waals surface area contributed by atoms with Crippen molar-refractivity contribution in [2.75, 3.05) is 43.9 Å². The van der Waals surface area contributed by atoms with Crippen molar-refractivity contribution >= 4 is 29.0 Å². The van der Waals surface area contributed by atoms with Crippen molar-refractivity contribution in [3.8, 4) is 5.75 Å². The first kappa shape index (κ1) is 23.9. The molecule has 1 amide bonds. The molecule has 1 aliphatic heterocycles. The fourth-order valence-electron chi connectivity index (χ4n) is 4.16. The fourth-order valence-corrected chi connectivity index (χ4v) is 4.98. The van der Waals surface area contributed by atoms with Gasteiger partial charge in [0.2, 0.25) is 11.6 Å². The quantitative estimate of drug-likeness (QED) is 0.355. The Morgan fingerprint density at radius 1 is 1.03 bits per heavy atom. The van der Waals surface area contributed by atoms with E-state index in [1.165, 1.54) is 22.4 Å². The van der Waals surface area contributed by atoms with Crippen molar-refractivity contribution in [1.82, 2.24) is 24.1 Å². The van der Waals surface area contributed by atoms with Crippen LogP contribution in [0.2, 0.25) is 0 Å². The molecule has 9 nitrogen and oxygen atoms in total. The topological polar surface area (TPSA) is 85.0 Å². The number of thioether (sulfide) groups is 1. The van der Waals surface area contributed by atoms with Gasteiger partial charge >= 0.3 is 0 Å². The first-order chi connectivity index (χ1) is 17.5. The standard InChI is InChI=1S/C25H25FN6O3S/c1-35-20-8-6-19(7-9-20)29-10-12-30(13-11-29)22(33)17-36-25-28-27-23-24(34)31(14-15-32(23)25)16-18-4-2-3-5-21(18)26/h2-9,14-15H,10-13,16-17H2,1H3. The molecule has 0 unspecified atom stereocenters. The Morgan fingerprint density at radius 2 is 1.78 bits per heavy atom. The maximum atomic E-state index is 14.0. The van der Waals surface area contributed by atoms with Crippen LogP contribution in [0.25, 0.3) is 5.65 Å². The lowest BCUT2D eigenvalue weighted by Gasteiger charge is -2.36. The van der Waals surface area contributed by atoms with E-state index in [4.69, 9.17) is 4.74 Å². The van der Waals surface area contributed by atoms with Crippen molar-refractivity contribution in [2.24, 2.45) is 0 Å². The number of carbonyl (C=O) groups is 1. The Labute approximate surface area is 211 Å². The predicted molar refractivity (Wildman–Crippen MR) is 135 cm³/mol. The largest absolute Gasteiger partial charge is 0.497 e. The molecule has 1 saturated heterocycles. The van der Waals surface area contributed by atoms with E-state index in [1.54, 1.807) is 42.1 Å². The average Bonchev–Trinajstić information content (AvgIpc) is 3.34. The Kier molecular flexibility index (Phi) is 6.90. The van der Waals surface area contributed by atoms with Crippen LogP contribution in [-0.4, -0.2) is 69.0 Å². The van der Waals surface area contributed by atoms with Crippen molar-refractivity contribution in [2.45, 2.75) is 11.7 Å². The highest BCUT2D eigenvalue weighted by molar-refractivity contribution is 7.99. The summed E-state index contributed by atoms with van der Waals surface area (Å²) in [5.41, 5.74) is 1.28. The van der Waals surface area contributed by atoms with Gasteiger partial charge in [-0.05, 0) is 30.3 Å². The van der Waals surface area contributed by atoms with Crippen LogP contribution in [0.5, 0.6) is 5.75 Å². The zero-order valence-electron chi connectivity index (χ0n) is 19.7. The third-order valence-corrected chi connectivity index (χ3v) is 7.13. The number of methoxy groups -OCH3 is 1. The summed E-state index contributed by atoms with van der Waals surface area (Å²) >= 11 is 1.24. The fraction of sp³-hybridized carbons (Fsp3) is 0.280. The predicted octanol–water partition coefficient (Wildman–Crippen LogP) is 2.53. The molecule has 4 aromatic rings. The Morgan fingerprint density at radius 3 is 2.50 bits per heavy atom. The molecule has 0 bridgehead atoms. The van der Waals surface area contributed by atoms with Crippen molar-refractivity contribution < 1.29 is 13.9 Å². The average molecular weight is 509 g/mol. The van der Waals surface area contributed by atoms with Crippen LogP contribution in [0.1, 0.15) is 5.56 Å². The molecule has 1 fully saturated rings. The van der Waals surface area contributed by atoms with Crippen LogP contribution in [0, 0.1) is 5.82 Å². The van der Waals surface area contributed by atoms with E-state index in [1.807, 2.05) is 29.2 Å². The van der Waals surface area contributed by atoms with Gasteiger partial charge in [-0.2, -0.15) is 0 Å². The van der Waals surface area contributed by atoms with Crippen LogP contribution in [0.3, 0.4) is 0 Å². The molecule has 1 aliphatic rings. The van der Waals surface area contributed by atoms with Gasteiger partial charge in [0, 0.05) is 49.8 Å². The molecule has 0 spiro atoms. The minimum Gasteiger partial charge on any atom is -0.497 e. The number of aromatic nitrogens is 4. The second-order valence-electron chi connectivity index (χ2n) is 8.35. The summed E-state index contributed by atoms with van der Waals surface area (Å²) in [4.78, 5) is 29.8. The highest BCUT2D eigenvalue weighted by atomic mass is 32.2. The second-order valence-corrected chi connectivity index (χ2v) is 9.30. The third kappa shape index (κ3) is 4.92. The number of carbonyl (C=O) groups excluding carboxylic acids is 1. The third-order valence-electron chi connectivity index (χ3n) is 6.21. The van der Waals surface area contributed by atoms with Gasteiger partial charge in [-0.25, -0.2) is 4.39 Å². The minimum atomic E-state index is -0.374. The van der Waals surface area contributed by atoms with Gasteiger partial charge in [0.1, 0.15) is 11.6 Å². The molecule has 0 saturated carbocycles. The van der Waals surface area contributed by atoms with Crippen molar-refractivity contribution in [3.63, 3.8) is 0 Å². The van der Waals surface area contributed by atoms with Gasteiger partial charge in [-0.1, -0.05) is 30.0 Å². The molecule has 186 valence electrons. The number of piperazine rings is 1. The maximum Gasteiger partial charge on any atom is 0.296 e. The van der Waals surface area contributed by atoms with Crippen molar-refractivity contribution in [3.05, 3.63) is 82.7 Å². The van der Waals surface area contributed by atoms with Crippen molar-refractivity contribution in [1.29, 1.82) is 0 Å². The number of benzene rings is 2. The monoisotopic (exact) mass is 508 g/mol.